The normalized spacial score (nSPS) is 18.2. The van der Waals surface area contributed by atoms with Gasteiger partial charge in [-0.1, -0.05) is 52.9 Å². The summed E-state index contributed by atoms with van der Waals surface area (Å²) < 4.78 is 0.943. The molecule has 0 spiro atoms. The highest BCUT2D eigenvalue weighted by Crippen LogP contribution is 2.34. The van der Waals surface area contributed by atoms with E-state index < -0.39 is 0 Å². The summed E-state index contributed by atoms with van der Waals surface area (Å²) in [5.41, 5.74) is 0.626. The molecule has 110 valence electrons. The van der Waals surface area contributed by atoms with Gasteiger partial charge in [-0.05, 0) is 44.6 Å². The van der Waals surface area contributed by atoms with E-state index in [1.807, 2.05) is 32.3 Å². The lowest BCUT2D eigenvalue weighted by Gasteiger charge is -2.41. The molecule has 1 aliphatic carbocycles. The zero-order valence-corrected chi connectivity index (χ0v) is 14.4. The number of rotatable bonds is 4. The highest BCUT2D eigenvalue weighted by molar-refractivity contribution is 9.10. The number of carbonyl (C=O) groups is 1. The molecule has 2 nitrogen and oxygen atoms in total. The van der Waals surface area contributed by atoms with Crippen molar-refractivity contribution in [2.24, 2.45) is 0 Å². The van der Waals surface area contributed by atoms with Crippen LogP contribution >= 0.6 is 27.5 Å². The van der Waals surface area contributed by atoms with E-state index in [0.29, 0.717) is 17.2 Å². The largest absolute Gasteiger partial charge is 0.297 e. The average molecular weight is 359 g/mol. The maximum atomic E-state index is 12.9. The number of hydrogen-bond acceptors (Lipinski definition) is 2. The van der Waals surface area contributed by atoms with Crippen LogP contribution in [0.4, 0.5) is 0 Å². The molecule has 0 amide bonds. The van der Waals surface area contributed by atoms with E-state index in [1.54, 1.807) is 0 Å². The number of nitrogens with zero attached hydrogens (tertiary/aromatic N) is 1. The van der Waals surface area contributed by atoms with Crippen molar-refractivity contribution in [3.63, 3.8) is 0 Å². The lowest BCUT2D eigenvalue weighted by atomic mass is 9.76. The minimum Gasteiger partial charge on any atom is -0.297 e. The topological polar surface area (TPSA) is 20.3 Å². The van der Waals surface area contributed by atoms with Crippen molar-refractivity contribution in [3.05, 3.63) is 33.3 Å². The summed E-state index contributed by atoms with van der Waals surface area (Å²) in [4.78, 5) is 15.0. The van der Waals surface area contributed by atoms with Crippen molar-refractivity contribution in [2.75, 3.05) is 14.1 Å². The molecule has 0 bridgehead atoms. The van der Waals surface area contributed by atoms with E-state index in [0.717, 1.165) is 35.7 Å². The van der Waals surface area contributed by atoms with Gasteiger partial charge in [-0.25, -0.2) is 0 Å². The fourth-order valence-corrected chi connectivity index (χ4v) is 3.85. The quantitative estimate of drug-likeness (QED) is 0.791. The van der Waals surface area contributed by atoms with Crippen molar-refractivity contribution in [3.8, 4) is 0 Å². The Hall–Kier alpha value is -0.380. The van der Waals surface area contributed by atoms with Gasteiger partial charge in [0.25, 0.3) is 0 Å². The molecule has 1 aromatic rings. The lowest BCUT2D eigenvalue weighted by Crippen LogP contribution is -2.53. The highest BCUT2D eigenvalue weighted by atomic mass is 79.9. The molecule has 1 saturated carbocycles. The zero-order chi connectivity index (χ0) is 14.8. The molecule has 2 rings (SSSR count). The fraction of sp³-hybridized carbons (Fsp3) is 0.562. The molecule has 0 aromatic heterocycles. The van der Waals surface area contributed by atoms with Gasteiger partial charge < -0.3 is 0 Å². The summed E-state index contributed by atoms with van der Waals surface area (Å²) in [5.74, 6) is 0.298. The Morgan fingerprint density at radius 2 is 1.95 bits per heavy atom. The predicted molar refractivity (Wildman–Crippen MR) is 87.4 cm³/mol. The van der Waals surface area contributed by atoms with Crippen LogP contribution in [0.5, 0.6) is 0 Å². The number of ketones is 1. The molecule has 0 atom stereocenters. The van der Waals surface area contributed by atoms with Crippen LogP contribution in [0.2, 0.25) is 5.02 Å². The van der Waals surface area contributed by atoms with E-state index in [1.165, 1.54) is 6.42 Å². The summed E-state index contributed by atoms with van der Waals surface area (Å²) in [6.07, 6.45) is 5.86. The number of halogens is 2. The first-order valence-electron chi connectivity index (χ1n) is 7.10. The number of carbonyl (C=O) groups excluding carboxylic acids is 1. The minimum atomic E-state index is -0.297. The van der Waals surface area contributed by atoms with Crippen molar-refractivity contribution in [1.29, 1.82) is 0 Å². The summed E-state index contributed by atoms with van der Waals surface area (Å²) in [6, 6.07) is 5.74. The SMILES string of the molecule is CN(C)C1(C(=O)Cc2ccc(Br)cc2Cl)CCCCC1. The molecule has 1 aromatic carbocycles. The fourth-order valence-electron chi connectivity index (χ4n) is 3.11. The van der Waals surface area contributed by atoms with Crippen LogP contribution in [0.25, 0.3) is 0 Å². The molecule has 0 saturated heterocycles. The van der Waals surface area contributed by atoms with Gasteiger partial charge in [0.1, 0.15) is 0 Å². The van der Waals surface area contributed by atoms with E-state index in [4.69, 9.17) is 11.6 Å². The van der Waals surface area contributed by atoms with E-state index >= 15 is 0 Å². The Labute approximate surface area is 134 Å². The third kappa shape index (κ3) is 3.26. The Balaban J connectivity index is 2.20. The molecule has 1 aliphatic rings. The molecule has 4 heteroatoms. The number of hydrogen-bond donors (Lipinski definition) is 0. The molecule has 0 unspecified atom stereocenters. The van der Waals surface area contributed by atoms with Gasteiger partial charge in [-0.3, -0.25) is 9.69 Å². The van der Waals surface area contributed by atoms with Crippen LogP contribution in [-0.2, 0) is 11.2 Å². The first-order valence-corrected chi connectivity index (χ1v) is 8.27. The van der Waals surface area contributed by atoms with E-state index in [9.17, 15) is 4.79 Å². The van der Waals surface area contributed by atoms with Crippen molar-refractivity contribution in [2.45, 2.75) is 44.1 Å². The first-order chi connectivity index (χ1) is 9.45. The maximum Gasteiger partial charge on any atom is 0.157 e. The number of likely N-dealkylation sites (N-methyl/N-ethyl adjacent to an activating group) is 1. The Morgan fingerprint density at radius 1 is 1.30 bits per heavy atom. The van der Waals surface area contributed by atoms with Gasteiger partial charge in [0.2, 0.25) is 0 Å². The minimum absolute atomic E-state index is 0.297. The second kappa shape index (κ2) is 6.59. The molecule has 0 heterocycles. The number of benzene rings is 1. The van der Waals surface area contributed by atoms with E-state index in [2.05, 4.69) is 20.8 Å². The lowest BCUT2D eigenvalue weighted by molar-refractivity contribution is -0.131. The van der Waals surface area contributed by atoms with Crippen LogP contribution in [-0.4, -0.2) is 30.3 Å². The molecule has 0 radical (unpaired) electrons. The van der Waals surface area contributed by atoms with Crippen LogP contribution in [0.3, 0.4) is 0 Å². The Kier molecular flexibility index (Phi) is 5.27. The molecule has 20 heavy (non-hydrogen) atoms. The van der Waals surface area contributed by atoms with Crippen molar-refractivity contribution >= 4 is 33.3 Å². The van der Waals surface area contributed by atoms with Crippen molar-refractivity contribution in [1.82, 2.24) is 4.90 Å². The summed E-state index contributed by atoms with van der Waals surface area (Å²) in [6.45, 7) is 0. The predicted octanol–water partition coefficient (Wildman–Crippen LogP) is 4.48. The standard InChI is InChI=1S/C16H21BrClNO/c1-19(2)16(8-4-3-5-9-16)15(20)10-12-6-7-13(17)11-14(12)18/h6-7,11H,3-5,8-10H2,1-2H3. The third-order valence-corrected chi connectivity index (χ3v) is 5.27. The summed E-state index contributed by atoms with van der Waals surface area (Å²) in [7, 11) is 4.04. The molecule has 0 N–H and O–H groups in total. The van der Waals surface area contributed by atoms with Crippen molar-refractivity contribution < 1.29 is 4.79 Å². The first kappa shape index (κ1) is 16.0. The van der Waals surface area contributed by atoms with Crippen LogP contribution in [0, 0.1) is 0 Å². The molecule has 1 fully saturated rings. The second-order valence-electron chi connectivity index (χ2n) is 5.82. The average Bonchev–Trinajstić information content (AvgIpc) is 2.42. The number of Topliss-reactive ketones (excluding diaryl/α,β-unsaturated/α-hetero) is 1. The smallest absolute Gasteiger partial charge is 0.157 e. The molecule has 0 aliphatic heterocycles. The summed E-state index contributed by atoms with van der Waals surface area (Å²) >= 11 is 9.64. The zero-order valence-electron chi connectivity index (χ0n) is 12.1. The van der Waals surface area contributed by atoms with E-state index in [-0.39, 0.29) is 5.54 Å². The van der Waals surface area contributed by atoms with Gasteiger partial charge in [0.05, 0.1) is 5.54 Å². The van der Waals surface area contributed by atoms with Crippen LogP contribution in [0.15, 0.2) is 22.7 Å². The van der Waals surface area contributed by atoms with Crippen LogP contribution < -0.4 is 0 Å². The third-order valence-electron chi connectivity index (χ3n) is 4.42. The summed E-state index contributed by atoms with van der Waals surface area (Å²) in [5, 5.41) is 0.664. The second-order valence-corrected chi connectivity index (χ2v) is 7.15. The Morgan fingerprint density at radius 3 is 2.50 bits per heavy atom. The molecular formula is C16H21BrClNO. The van der Waals surface area contributed by atoms with Crippen LogP contribution in [0.1, 0.15) is 37.7 Å². The van der Waals surface area contributed by atoms with Gasteiger partial charge in [0.15, 0.2) is 5.78 Å². The monoisotopic (exact) mass is 357 g/mol. The van der Waals surface area contributed by atoms with Gasteiger partial charge >= 0.3 is 0 Å². The highest BCUT2D eigenvalue weighted by Gasteiger charge is 2.40. The van der Waals surface area contributed by atoms with Gasteiger partial charge in [0, 0.05) is 15.9 Å². The van der Waals surface area contributed by atoms with Gasteiger partial charge in [-0.15, -0.1) is 0 Å². The molecular weight excluding hydrogens is 338 g/mol. The van der Waals surface area contributed by atoms with Gasteiger partial charge in [-0.2, -0.15) is 0 Å². The Bertz CT molecular complexity index is 495. The maximum absolute atomic E-state index is 12.9.